The molecule has 0 bridgehead atoms. The quantitative estimate of drug-likeness (QED) is 0.486. The molecule has 5 nitrogen and oxygen atoms in total. The predicted octanol–water partition coefficient (Wildman–Crippen LogP) is 6.86. The molecule has 1 aromatic heterocycles. The van der Waals surface area contributed by atoms with Crippen LogP contribution in [0.2, 0.25) is 0 Å². The minimum atomic E-state index is -1.02. The molecule has 2 aliphatic carbocycles. The summed E-state index contributed by atoms with van der Waals surface area (Å²) in [5.74, 6) is 0.705. The molecule has 164 valence electrons. The van der Waals surface area contributed by atoms with Crippen molar-refractivity contribution in [3.05, 3.63) is 24.3 Å². The second-order valence-electron chi connectivity index (χ2n) is 8.18. The number of benzene rings is 1. The standard InChI is InChI=1S/C12H22.C11H9NO4S2/c1-3-7-11(8-4-1)12-9-5-2-6-10-12;13-9(14)5-6-10(15)16-18-11-12-7-3-1-2-4-8(7)17-11/h11-12H,1-10H2;1-4H,5-6H2,(H,13,14). The summed E-state index contributed by atoms with van der Waals surface area (Å²) in [6.45, 7) is 0. The van der Waals surface area contributed by atoms with Gasteiger partial charge in [0.15, 0.2) is 4.34 Å². The first-order valence-electron chi connectivity index (χ1n) is 11.1. The normalized spacial score (nSPS) is 17.9. The van der Waals surface area contributed by atoms with E-state index in [1.807, 2.05) is 24.3 Å². The lowest BCUT2D eigenvalue weighted by Crippen LogP contribution is -2.20. The third-order valence-corrected chi connectivity index (χ3v) is 7.78. The van der Waals surface area contributed by atoms with E-state index < -0.39 is 11.9 Å². The maximum absolute atomic E-state index is 11.2. The molecule has 0 saturated heterocycles. The number of carbonyl (C=O) groups excluding carboxylic acids is 1. The van der Waals surface area contributed by atoms with Crippen molar-refractivity contribution in [1.82, 2.24) is 4.98 Å². The average Bonchev–Trinajstić information content (AvgIpc) is 3.21. The Hall–Kier alpha value is -1.60. The predicted molar refractivity (Wildman–Crippen MR) is 122 cm³/mol. The number of aromatic nitrogens is 1. The van der Waals surface area contributed by atoms with Crippen LogP contribution in [0.3, 0.4) is 0 Å². The lowest BCUT2D eigenvalue weighted by Gasteiger charge is -2.32. The fourth-order valence-electron chi connectivity index (χ4n) is 4.43. The smallest absolute Gasteiger partial charge is 0.318 e. The van der Waals surface area contributed by atoms with E-state index in [0.717, 1.165) is 34.1 Å². The van der Waals surface area contributed by atoms with Crippen LogP contribution in [0.5, 0.6) is 0 Å². The number of para-hydroxylation sites is 1. The summed E-state index contributed by atoms with van der Waals surface area (Å²) in [6, 6.07) is 7.61. The molecule has 0 atom stereocenters. The molecule has 0 radical (unpaired) electrons. The Morgan fingerprint density at radius 3 is 2.13 bits per heavy atom. The van der Waals surface area contributed by atoms with Crippen molar-refractivity contribution in [3.8, 4) is 0 Å². The Balaban J connectivity index is 0.000000184. The van der Waals surface area contributed by atoms with Crippen molar-refractivity contribution in [3.63, 3.8) is 0 Å². The van der Waals surface area contributed by atoms with Crippen molar-refractivity contribution in [2.75, 3.05) is 0 Å². The van der Waals surface area contributed by atoms with E-state index in [1.165, 1.54) is 49.9 Å². The third-order valence-electron chi connectivity index (χ3n) is 5.99. The van der Waals surface area contributed by atoms with Crippen LogP contribution >= 0.6 is 23.4 Å². The molecule has 1 heterocycles. The highest BCUT2D eigenvalue weighted by molar-refractivity contribution is 7.97. The van der Waals surface area contributed by atoms with Crippen molar-refractivity contribution < 1.29 is 18.9 Å². The van der Waals surface area contributed by atoms with Gasteiger partial charge < -0.3 is 9.29 Å². The van der Waals surface area contributed by atoms with Crippen LogP contribution < -0.4 is 0 Å². The van der Waals surface area contributed by atoms with E-state index in [-0.39, 0.29) is 12.8 Å². The molecule has 4 rings (SSSR count). The first-order valence-corrected chi connectivity index (χ1v) is 12.6. The number of carboxylic acids is 1. The zero-order chi connectivity index (χ0) is 21.2. The van der Waals surface area contributed by atoms with E-state index in [2.05, 4.69) is 4.98 Å². The highest BCUT2D eigenvalue weighted by atomic mass is 32.2. The van der Waals surface area contributed by atoms with Gasteiger partial charge in [-0.3, -0.25) is 9.59 Å². The van der Waals surface area contributed by atoms with Gasteiger partial charge in [0.2, 0.25) is 0 Å². The molecule has 2 fully saturated rings. The van der Waals surface area contributed by atoms with Crippen LogP contribution in [0.25, 0.3) is 10.2 Å². The number of hydrogen-bond donors (Lipinski definition) is 1. The van der Waals surface area contributed by atoms with Gasteiger partial charge in [0.05, 0.1) is 23.1 Å². The summed E-state index contributed by atoms with van der Waals surface area (Å²) in [5.41, 5.74) is 0.853. The van der Waals surface area contributed by atoms with Gasteiger partial charge in [-0.2, -0.15) is 0 Å². The van der Waals surface area contributed by atoms with Gasteiger partial charge >= 0.3 is 11.9 Å². The molecule has 0 unspecified atom stereocenters. The van der Waals surface area contributed by atoms with Gasteiger partial charge in [-0.1, -0.05) is 76.3 Å². The summed E-state index contributed by atoms with van der Waals surface area (Å²) in [4.78, 5) is 25.7. The Labute approximate surface area is 186 Å². The maximum atomic E-state index is 11.2. The first kappa shape index (κ1) is 23.1. The van der Waals surface area contributed by atoms with Crippen molar-refractivity contribution in [2.24, 2.45) is 11.8 Å². The summed E-state index contributed by atoms with van der Waals surface area (Å²) in [6.07, 6.45) is 15.0. The summed E-state index contributed by atoms with van der Waals surface area (Å²) in [7, 11) is 0. The van der Waals surface area contributed by atoms with Crippen LogP contribution in [0.1, 0.15) is 77.0 Å². The van der Waals surface area contributed by atoms with Crippen molar-refractivity contribution in [2.45, 2.75) is 81.4 Å². The number of carboxylic acid groups (broad SMARTS) is 1. The second-order valence-corrected chi connectivity index (χ2v) is 10.2. The molecule has 30 heavy (non-hydrogen) atoms. The SMILES string of the molecule is C1CCC(C2CCCCC2)CC1.O=C(O)CCC(=O)OSc1nc2ccccc2s1. The van der Waals surface area contributed by atoms with Gasteiger partial charge in [0.25, 0.3) is 0 Å². The summed E-state index contributed by atoms with van der Waals surface area (Å²) >= 11 is 2.29. The van der Waals surface area contributed by atoms with Crippen LogP contribution in [0, 0.1) is 11.8 Å². The number of hydrogen-bond acceptors (Lipinski definition) is 6. The Morgan fingerprint density at radius 2 is 1.57 bits per heavy atom. The van der Waals surface area contributed by atoms with Crippen LogP contribution in [0.15, 0.2) is 28.6 Å². The van der Waals surface area contributed by atoms with E-state index in [4.69, 9.17) is 9.29 Å². The molecular formula is C23H31NO4S2. The van der Waals surface area contributed by atoms with E-state index >= 15 is 0 Å². The largest absolute Gasteiger partial charge is 0.481 e. The zero-order valence-electron chi connectivity index (χ0n) is 17.4. The lowest BCUT2D eigenvalue weighted by molar-refractivity contribution is -0.141. The molecule has 2 aliphatic rings. The maximum Gasteiger partial charge on any atom is 0.318 e. The van der Waals surface area contributed by atoms with E-state index in [1.54, 1.807) is 25.7 Å². The van der Waals surface area contributed by atoms with E-state index in [0.29, 0.717) is 4.34 Å². The molecule has 0 spiro atoms. The topological polar surface area (TPSA) is 76.5 Å². The summed E-state index contributed by atoms with van der Waals surface area (Å²) < 4.78 is 6.51. The molecule has 0 aliphatic heterocycles. The Bertz CT molecular complexity index is 761. The Morgan fingerprint density at radius 1 is 0.967 bits per heavy atom. The molecule has 0 amide bonds. The van der Waals surface area contributed by atoms with Crippen LogP contribution in [-0.4, -0.2) is 22.0 Å². The van der Waals surface area contributed by atoms with Gasteiger partial charge in [-0.05, 0) is 24.0 Å². The molecular weight excluding hydrogens is 418 g/mol. The van der Waals surface area contributed by atoms with E-state index in [9.17, 15) is 9.59 Å². The molecule has 1 aromatic carbocycles. The highest BCUT2D eigenvalue weighted by Crippen LogP contribution is 2.38. The highest BCUT2D eigenvalue weighted by Gasteiger charge is 2.24. The number of carbonyl (C=O) groups is 2. The van der Waals surface area contributed by atoms with Gasteiger partial charge in [0, 0.05) is 0 Å². The molecule has 7 heteroatoms. The third kappa shape index (κ3) is 7.58. The molecule has 2 aromatic rings. The van der Waals surface area contributed by atoms with Crippen molar-refractivity contribution in [1.29, 1.82) is 0 Å². The number of nitrogens with zero attached hydrogens (tertiary/aromatic N) is 1. The number of rotatable bonds is 6. The number of fused-ring (bicyclic) bond motifs is 1. The second kappa shape index (κ2) is 12.3. The van der Waals surface area contributed by atoms with Gasteiger partial charge in [0.1, 0.15) is 12.0 Å². The number of thiazole rings is 1. The van der Waals surface area contributed by atoms with Crippen molar-refractivity contribution >= 4 is 45.5 Å². The minimum Gasteiger partial charge on any atom is -0.481 e. The molecule has 1 N–H and O–H groups in total. The first-order chi connectivity index (χ1) is 14.6. The lowest BCUT2D eigenvalue weighted by atomic mass is 9.73. The summed E-state index contributed by atoms with van der Waals surface area (Å²) in [5, 5.41) is 8.42. The zero-order valence-corrected chi connectivity index (χ0v) is 19.0. The van der Waals surface area contributed by atoms with Crippen LogP contribution in [0.4, 0.5) is 0 Å². The van der Waals surface area contributed by atoms with Crippen LogP contribution in [-0.2, 0) is 13.8 Å². The minimum absolute atomic E-state index is 0.132. The monoisotopic (exact) mass is 449 g/mol. The number of aliphatic carboxylic acids is 1. The van der Waals surface area contributed by atoms with Gasteiger partial charge in [-0.25, -0.2) is 4.98 Å². The Kier molecular flexibility index (Phi) is 9.46. The average molecular weight is 450 g/mol. The molecule has 2 saturated carbocycles. The fourth-order valence-corrected chi connectivity index (χ4v) is 6.02. The van der Waals surface area contributed by atoms with Gasteiger partial charge in [-0.15, -0.1) is 11.3 Å². The fraction of sp³-hybridized carbons (Fsp3) is 0.609.